The second-order valence-electron chi connectivity index (χ2n) is 6.30. The number of alkyl halides is 1. The zero-order valence-electron chi connectivity index (χ0n) is 14.4. The molecule has 7 heteroatoms. The number of hydrogen-bond acceptors (Lipinski definition) is 4. The Bertz CT molecular complexity index is 719. The Labute approximate surface area is 146 Å². The summed E-state index contributed by atoms with van der Waals surface area (Å²) >= 11 is 0. The van der Waals surface area contributed by atoms with E-state index in [-0.39, 0.29) is 12.5 Å². The molecule has 1 saturated heterocycles. The Morgan fingerprint density at radius 2 is 2.20 bits per heavy atom. The van der Waals surface area contributed by atoms with Crippen molar-refractivity contribution in [1.29, 1.82) is 0 Å². The van der Waals surface area contributed by atoms with E-state index < -0.39 is 6.17 Å². The lowest BCUT2D eigenvalue weighted by Crippen LogP contribution is -2.29. The van der Waals surface area contributed by atoms with Crippen LogP contribution in [-0.2, 0) is 17.9 Å². The molecule has 2 heterocycles. The third-order valence-corrected chi connectivity index (χ3v) is 4.41. The highest BCUT2D eigenvalue weighted by Crippen LogP contribution is 2.23. The number of rotatable bonds is 6. The fraction of sp³-hybridized carbons (Fsp3) is 0.500. The molecular weight excluding hydrogens is 323 g/mol. The number of amides is 1. The van der Waals surface area contributed by atoms with Crippen LogP contribution in [0.2, 0.25) is 0 Å². The zero-order valence-corrected chi connectivity index (χ0v) is 14.4. The van der Waals surface area contributed by atoms with Crippen LogP contribution in [0, 0.1) is 0 Å². The van der Waals surface area contributed by atoms with E-state index >= 15 is 0 Å². The lowest BCUT2D eigenvalue weighted by molar-refractivity contribution is -0.131. The van der Waals surface area contributed by atoms with Gasteiger partial charge in [-0.05, 0) is 30.5 Å². The average Bonchev–Trinajstić information content (AvgIpc) is 2.96. The highest BCUT2D eigenvalue weighted by Gasteiger charge is 2.19. The first-order valence-electron chi connectivity index (χ1n) is 8.60. The predicted octanol–water partition coefficient (Wildman–Crippen LogP) is 2.90. The first-order valence-corrected chi connectivity index (χ1v) is 8.60. The van der Waals surface area contributed by atoms with Gasteiger partial charge in [-0.1, -0.05) is 23.8 Å². The summed E-state index contributed by atoms with van der Waals surface area (Å²) in [6, 6.07) is 6.94. The minimum absolute atomic E-state index is 0.0775. The number of likely N-dealkylation sites (tertiary alicyclic amines) is 1. The molecule has 2 aromatic rings. The molecule has 1 aromatic heterocycles. The van der Waals surface area contributed by atoms with Crippen molar-refractivity contribution in [3.8, 4) is 5.75 Å². The summed E-state index contributed by atoms with van der Waals surface area (Å²) in [7, 11) is 1.56. The topological polar surface area (TPSA) is 60.2 Å². The summed E-state index contributed by atoms with van der Waals surface area (Å²) in [6.45, 7) is 1.27. The Kier molecular flexibility index (Phi) is 5.63. The molecule has 0 bridgehead atoms. The predicted molar refractivity (Wildman–Crippen MR) is 90.8 cm³/mol. The molecule has 3 rings (SSSR count). The maximum Gasteiger partial charge on any atom is 0.222 e. The Balaban J connectivity index is 1.61. The second kappa shape index (κ2) is 8.09. The molecule has 0 N–H and O–H groups in total. The van der Waals surface area contributed by atoms with Crippen LogP contribution in [0.5, 0.6) is 5.75 Å². The van der Waals surface area contributed by atoms with Gasteiger partial charge in [-0.2, -0.15) is 0 Å². The molecule has 0 saturated carbocycles. The van der Waals surface area contributed by atoms with Gasteiger partial charge in [0.2, 0.25) is 5.91 Å². The number of nitrogens with zero attached hydrogens (tertiary/aromatic N) is 4. The first-order chi connectivity index (χ1) is 12.2. The van der Waals surface area contributed by atoms with Crippen molar-refractivity contribution in [2.45, 2.75) is 44.9 Å². The van der Waals surface area contributed by atoms with Gasteiger partial charge in [-0.15, -0.1) is 5.10 Å². The second-order valence-corrected chi connectivity index (χ2v) is 6.30. The van der Waals surface area contributed by atoms with E-state index in [1.54, 1.807) is 37.6 Å². The van der Waals surface area contributed by atoms with Crippen LogP contribution < -0.4 is 4.74 Å². The third-order valence-electron chi connectivity index (χ3n) is 4.41. The standard InChI is InChI=1S/C18H23FN4O2/c1-25-16-7-5-6-14(10-16)17(19)13-23-12-15(20-21-23)11-22-9-4-2-3-8-18(22)24/h5-7,10,12,17H,2-4,8-9,11,13H2,1H3. The molecule has 0 spiro atoms. The zero-order chi connectivity index (χ0) is 17.6. The van der Waals surface area contributed by atoms with Crippen LogP contribution in [0.4, 0.5) is 4.39 Å². The molecular formula is C18H23FN4O2. The normalized spacial score (nSPS) is 16.6. The number of benzene rings is 1. The van der Waals surface area contributed by atoms with Crippen molar-refractivity contribution >= 4 is 5.91 Å². The summed E-state index contributed by atoms with van der Waals surface area (Å²) in [5, 5.41) is 8.08. The summed E-state index contributed by atoms with van der Waals surface area (Å²) in [4.78, 5) is 13.9. The van der Waals surface area contributed by atoms with Gasteiger partial charge in [0.05, 0.1) is 26.4 Å². The number of hydrogen-bond donors (Lipinski definition) is 0. The van der Waals surface area contributed by atoms with Crippen LogP contribution in [0.15, 0.2) is 30.5 Å². The maximum absolute atomic E-state index is 14.5. The summed E-state index contributed by atoms with van der Waals surface area (Å²) in [6.07, 6.45) is 4.15. The Hall–Kier alpha value is -2.44. The van der Waals surface area contributed by atoms with Gasteiger partial charge < -0.3 is 9.64 Å². The third kappa shape index (κ3) is 4.55. The monoisotopic (exact) mass is 346 g/mol. The molecule has 1 fully saturated rings. The van der Waals surface area contributed by atoms with Crippen LogP contribution in [0.3, 0.4) is 0 Å². The van der Waals surface area contributed by atoms with E-state index in [0.717, 1.165) is 25.8 Å². The fourth-order valence-corrected chi connectivity index (χ4v) is 3.01. The van der Waals surface area contributed by atoms with Gasteiger partial charge in [0.1, 0.15) is 17.6 Å². The van der Waals surface area contributed by atoms with Crippen LogP contribution in [0.25, 0.3) is 0 Å². The van der Waals surface area contributed by atoms with Gasteiger partial charge >= 0.3 is 0 Å². The Morgan fingerprint density at radius 1 is 1.32 bits per heavy atom. The number of halogens is 1. The van der Waals surface area contributed by atoms with Gasteiger partial charge in [-0.3, -0.25) is 4.79 Å². The molecule has 1 aliphatic rings. The smallest absolute Gasteiger partial charge is 0.222 e. The van der Waals surface area contributed by atoms with Crippen LogP contribution in [0.1, 0.15) is 43.1 Å². The van der Waals surface area contributed by atoms with E-state index in [1.807, 2.05) is 4.90 Å². The number of carbonyl (C=O) groups is 1. The van der Waals surface area contributed by atoms with Gasteiger partial charge in [0.15, 0.2) is 0 Å². The number of methoxy groups -OCH3 is 1. The Morgan fingerprint density at radius 3 is 3.04 bits per heavy atom. The molecule has 25 heavy (non-hydrogen) atoms. The van der Waals surface area contributed by atoms with Crippen molar-refractivity contribution in [2.24, 2.45) is 0 Å². The fourth-order valence-electron chi connectivity index (χ4n) is 3.01. The van der Waals surface area contributed by atoms with Crippen molar-refractivity contribution < 1.29 is 13.9 Å². The van der Waals surface area contributed by atoms with Gasteiger partial charge in [0, 0.05) is 13.0 Å². The first kappa shape index (κ1) is 17.4. The molecule has 1 amide bonds. The van der Waals surface area contributed by atoms with Gasteiger partial charge in [-0.25, -0.2) is 9.07 Å². The molecule has 1 unspecified atom stereocenters. The van der Waals surface area contributed by atoms with Crippen molar-refractivity contribution in [1.82, 2.24) is 19.9 Å². The number of carbonyl (C=O) groups excluding carboxylic acids is 1. The molecule has 0 aliphatic carbocycles. The van der Waals surface area contributed by atoms with Crippen LogP contribution >= 0.6 is 0 Å². The largest absolute Gasteiger partial charge is 0.497 e. The van der Waals surface area contributed by atoms with Crippen LogP contribution in [-0.4, -0.2) is 39.5 Å². The molecule has 1 aliphatic heterocycles. The summed E-state index contributed by atoms with van der Waals surface area (Å²) in [5.41, 5.74) is 1.23. The average molecular weight is 346 g/mol. The van der Waals surface area contributed by atoms with E-state index in [4.69, 9.17) is 4.74 Å². The molecule has 6 nitrogen and oxygen atoms in total. The lowest BCUT2D eigenvalue weighted by atomic mass is 10.1. The van der Waals surface area contributed by atoms with Gasteiger partial charge in [0.25, 0.3) is 0 Å². The van der Waals surface area contributed by atoms with E-state index in [0.29, 0.717) is 30.0 Å². The number of ether oxygens (including phenoxy) is 1. The van der Waals surface area contributed by atoms with E-state index in [9.17, 15) is 9.18 Å². The number of aromatic nitrogens is 3. The summed E-state index contributed by atoms with van der Waals surface area (Å²) in [5.74, 6) is 0.783. The highest BCUT2D eigenvalue weighted by molar-refractivity contribution is 5.76. The van der Waals surface area contributed by atoms with E-state index in [2.05, 4.69) is 10.3 Å². The van der Waals surface area contributed by atoms with E-state index in [1.165, 1.54) is 4.68 Å². The SMILES string of the molecule is COc1cccc(C(F)Cn2cc(CN3CCCCCC3=O)nn2)c1. The lowest BCUT2D eigenvalue weighted by Gasteiger charge is -2.18. The van der Waals surface area contributed by atoms with Crippen molar-refractivity contribution in [2.75, 3.05) is 13.7 Å². The quantitative estimate of drug-likeness (QED) is 0.807. The molecule has 134 valence electrons. The molecule has 0 radical (unpaired) electrons. The highest BCUT2D eigenvalue weighted by atomic mass is 19.1. The maximum atomic E-state index is 14.5. The van der Waals surface area contributed by atoms with Crippen molar-refractivity contribution in [3.05, 3.63) is 41.7 Å². The minimum atomic E-state index is -1.20. The van der Waals surface area contributed by atoms with Crippen molar-refractivity contribution in [3.63, 3.8) is 0 Å². The summed E-state index contributed by atoms with van der Waals surface area (Å²) < 4.78 is 21.1. The molecule has 1 aromatic carbocycles. The minimum Gasteiger partial charge on any atom is -0.497 e. The molecule has 1 atom stereocenters.